The molecule has 0 aromatic heterocycles. The lowest BCUT2D eigenvalue weighted by Gasteiger charge is -2.29. The molecule has 0 spiro atoms. The molecular formula is C16H21NO. The molecule has 0 saturated heterocycles. The highest BCUT2D eigenvalue weighted by Crippen LogP contribution is 2.28. The maximum absolute atomic E-state index is 11.9. The first-order valence-corrected chi connectivity index (χ1v) is 6.69. The summed E-state index contributed by atoms with van der Waals surface area (Å²) in [5, 5.41) is 0. The van der Waals surface area contributed by atoms with Gasteiger partial charge in [0, 0.05) is 12.6 Å². The molecule has 0 unspecified atom stereocenters. The summed E-state index contributed by atoms with van der Waals surface area (Å²) in [5.74, 6) is 0.148. The molecule has 1 aromatic rings. The second-order valence-corrected chi connectivity index (χ2v) is 5.02. The first kappa shape index (κ1) is 12.9. The zero-order valence-electron chi connectivity index (χ0n) is 11.3. The molecule has 0 radical (unpaired) electrons. The van der Waals surface area contributed by atoms with Crippen LogP contribution in [0, 0.1) is 0 Å². The topological polar surface area (TPSA) is 20.3 Å². The van der Waals surface area contributed by atoms with Crippen molar-refractivity contribution < 1.29 is 4.79 Å². The zero-order chi connectivity index (χ0) is 13.0. The Morgan fingerprint density at radius 3 is 2.44 bits per heavy atom. The van der Waals surface area contributed by atoms with Gasteiger partial charge in [0.15, 0.2) is 0 Å². The molecule has 1 aromatic carbocycles. The van der Waals surface area contributed by atoms with E-state index in [0.29, 0.717) is 6.54 Å². The van der Waals surface area contributed by atoms with Crippen LogP contribution >= 0.6 is 0 Å². The van der Waals surface area contributed by atoms with Crippen molar-refractivity contribution in [2.45, 2.75) is 46.1 Å². The summed E-state index contributed by atoms with van der Waals surface area (Å²) in [6.07, 6.45) is 4.63. The number of allylic oxidation sites excluding steroid dienone is 2. The molecular weight excluding hydrogens is 222 g/mol. The second kappa shape index (κ2) is 5.85. The van der Waals surface area contributed by atoms with Crippen LogP contribution in [-0.2, 0) is 11.3 Å². The highest BCUT2D eigenvalue weighted by atomic mass is 16.2. The van der Waals surface area contributed by atoms with Crippen LogP contribution < -0.4 is 0 Å². The molecule has 2 rings (SSSR count). The fourth-order valence-electron chi connectivity index (χ4n) is 2.57. The number of hydrogen-bond acceptors (Lipinski definition) is 1. The smallest absolute Gasteiger partial charge is 0.223 e. The lowest BCUT2D eigenvalue weighted by atomic mass is 9.96. The average molecular weight is 243 g/mol. The summed E-state index contributed by atoms with van der Waals surface area (Å²) in [7, 11) is 0. The van der Waals surface area contributed by atoms with Crippen molar-refractivity contribution in [1.82, 2.24) is 4.90 Å². The van der Waals surface area contributed by atoms with Crippen molar-refractivity contribution in [3.63, 3.8) is 0 Å². The molecule has 2 heteroatoms. The Hall–Kier alpha value is -1.57. The Bertz CT molecular complexity index is 447. The number of carbonyl (C=O) groups is 1. The van der Waals surface area contributed by atoms with Crippen LogP contribution in [0.2, 0.25) is 0 Å². The average Bonchev–Trinajstić information content (AvgIpc) is 2.38. The van der Waals surface area contributed by atoms with Crippen LogP contribution in [0.4, 0.5) is 0 Å². The predicted molar refractivity (Wildman–Crippen MR) is 73.8 cm³/mol. The van der Waals surface area contributed by atoms with Gasteiger partial charge in [0.25, 0.3) is 0 Å². The molecule has 0 N–H and O–H groups in total. The van der Waals surface area contributed by atoms with Crippen molar-refractivity contribution >= 4 is 5.91 Å². The van der Waals surface area contributed by atoms with Gasteiger partial charge in [-0.3, -0.25) is 4.79 Å². The molecule has 0 bridgehead atoms. The van der Waals surface area contributed by atoms with Crippen molar-refractivity contribution in [2.75, 3.05) is 0 Å². The quantitative estimate of drug-likeness (QED) is 0.789. The number of nitrogens with zero attached hydrogens (tertiary/aromatic N) is 1. The molecule has 0 aliphatic heterocycles. The zero-order valence-corrected chi connectivity index (χ0v) is 11.3. The van der Waals surface area contributed by atoms with E-state index in [1.807, 2.05) is 23.1 Å². The van der Waals surface area contributed by atoms with E-state index in [1.165, 1.54) is 29.7 Å². The van der Waals surface area contributed by atoms with Crippen molar-refractivity contribution in [1.29, 1.82) is 0 Å². The van der Waals surface area contributed by atoms with Crippen molar-refractivity contribution in [3.05, 3.63) is 47.2 Å². The van der Waals surface area contributed by atoms with E-state index >= 15 is 0 Å². The van der Waals surface area contributed by atoms with Gasteiger partial charge in [0.05, 0.1) is 6.54 Å². The normalized spacial score (nSPS) is 15.7. The summed E-state index contributed by atoms with van der Waals surface area (Å²) in [6, 6.07) is 10.2. The van der Waals surface area contributed by atoms with E-state index in [4.69, 9.17) is 0 Å². The molecule has 1 aliphatic carbocycles. The molecule has 96 valence electrons. The molecule has 1 amide bonds. The number of hydrogen-bond donors (Lipinski definition) is 0. The Morgan fingerprint density at radius 1 is 1.17 bits per heavy atom. The van der Waals surface area contributed by atoms with E-state index in [2.05, 4.69) is 19.1 Å². The van der Waals surface area contributed by atoms with Crippen LogP contribution in [0.5, 0.6) is 0 Å². The van der Waals surface area contributed by atoms with E-state index in [0.717, 1.165) is 12.8 Å². The minimum atomic E-state index is 0.148. The van der Waals surface area contributed by atoms with E-state index in [9.17, 15) is 4.79 Å². The summed E-state index contributed by atoms with van der Waals surface area (Å²) in [4.78, 5) is 13.8. The number of carbonyl (C=O) groups excluding carboxylic acids is 1. The minimum Gasteiger partial charge on any atom is -0.312 e. The van der Waals surface area contributed by atoms with Gasteiger partial charge in [-0.25, -0.2) is 0 Å². The minimum absolute atomic E-state index is 0.148. The second-order valence-electron chi connectivity index (χ2n) is 5.02. The fraction of sp³-hybridized carbons (Fsp3) is 0.438. The van der Waals surface area contributed by atoms with Gasteiger partial charge < -0.3 is 4.90 Å². The maximum atomic E-state index is 11.9. The number of benzene rings is 1. The third kappa shape index (κ3) is 3.00. The van der Waals surface area contributed by atoms with Gasteiger partial charge in [-0.05, 0) is 38.2 Å². The van der Waals surface area contributed by atoms with Gasteiger partial charge in [0.2, 0.25) is 5.91 Å². The molecule has 1 aliphatic rings. The van der Waals surface area contributed by atoms with Crippen LogP contribution in [-0.4, -0.2) is 10.8 Å². The molecule has 2 nitrogen and oxygen atoms in total. The predicted octanol–water partition coefficient (Wildman–Crippen LogP) is 3.88. The Morgan fingerprint density at radius 2 is 1.83 bits per heavy atom. The molecule has 0 saturated carbocycles. The Kier molecular flexibility index (Phi) is 4.19. The standard InChI is InChI=1S/C16H21NO/c1-13-8-6-7-11-16(13)17(14(2)18)12-15-9-4-3-5-10-15/h3-5,9-10H,6-8,11-12H2,1-2H3. The highest BCUT2D eigenvalue weighted by molar-refractivity contribution is 5.75. The third-order valence-corrected chi connectivity index (χ3v) is 3.60. The summed E-state index contributed by atoms with van der Waals surface area (Å²) in [6.45, 7) is 4.52. The Balaban J connectivity index is 2.21. The first-order chi connectivity index (χ1) is 8.68. The van der Waals surface area contributed by atoms with Gasteiger partial charge >= 0.3 is 0 Å². The van der Waals surface area contributed by atoms with E-state index in [-0.39, 0.29) is 5.91 Å². The molecule has 0 fully saturated rings. The van der Waals surface area contributed by atoms with Gasteiger partial charge in [0.1, 0.15) is 0 Å². The SMILES string of the molecule is CC(=O)N(Cc1ccccc1)C1=C(C)CCCC1. The molecule has 0 atom stereocenters. The molecule has 0 heterocycles. The first-order valence-electron chi connectivity index (χ1n) is 6.69. The third-order valence-electron chi connectivity index (χ3n) is 3.60. The maximum Gasteiger partial charge on any atom is 0.223 e. The fourth-order valence-corrected chi connectivity index (χ4v) is 2.57. The van der Waals surface area contributed by atoms with Crippen LogP contribution in [0.25, 0.3) is 0 Å². The molecule has 18 heavy (non-hydrogen) atoms. The Labute approximate surface area is 109 Å². The summed E-state index contributed by atoms with van der Waals surface area (Å²) in [5.41, 5.74) is 3.82. The van der Waals surface area contributed by atoms with Crippen LogP contribution in [0.3, 0.4) is 0 Å². The lowest BCUT2D eigenvalue weighted by Crippen LogP contribution is -2.29. The van der Waals surface area contributed by atoms with E-state index in [1.54, 1.807) is 6.92 Å². The monoisotopic (exact) mass is 243 g/mol. The summed E-state index contributed by atoms with van der Waals surface area (Å²) >= 11 is 0. The largest absolute Gasteiger partial charge is 0.312 e. The summed E-state index contributed by atoms with van der Waals surface area (Å²) < 4.78 is 0. The van der Waals surface area contributed by atoms with Gasteiger partial charge in [-0.1, -0.05) is 35.9 Å². The highest BCUT2D eigenvalue weighted by Gasteiger charge is 2.19. The van der Waals surface area contributed by atoms with Gasteiger partial charge in [-0.15, -0.1) is 0 Å². The number of amides is 1. The van der Waals surface area contributed by atoms with Crippen molar-refractivity contribution in [2.24, 2.45) is 0 Å². The van der Waals surface area contributed by atoms with Crippen LogP contribution in [0.15, 0.2) is 41.6 Å². The van der Waals surface area contributed by atoms with E-state index < -0.39 is 0 Å². The number of rotatable bonds is 3. The van der Waals surface area contributed by atoms with Crippen molar-refractivity contribution in [3.8, 4) is 0 Å². The van der Waals surface area contributed by atoms with Gasteiger partial charge in [-0.2, -0.15) is 0 Å². The van der Waals surface area contributed by atoms with Crippen LogP contribution in [0.1, 0.15) is 45.1 Å². The lowest BCUT2D eigenvalue weighted by molar-refractivity contribution is -0.127.